The second-order valence-electron chi connectivity index (χ2n) is 6.93. The summed E-state index contributed by atoms with van der Waals surface area (Å²) >= 11 is 0. The zero-order valence-electron chi connectivity index (χ0n) is 13.9. The molecular formula is C17H24N6O. The van der Waals surface area contributed by atoms with E-state index in [9.17, 15) is 4.79 Å². The highest BCUT2D eigenvalue weighted by Gasteiger charge is 2.27. The predicted molar refractivity (Wildman–Crippen MR) is 90.7 cm³/mol. The molecule has 4 rings (SSSR count). The molecule has 2 aliphatic rings. The molecule has 1 aliphatic heterocycles. The van der Waals surface area contributed by atoms with E-state index in [1.807, 2.05) is 12.1 Å². The van der Waals surface area contributed by atoms with Crippen LogP contribution in [-0.2, 0) is 4.79 Å². The molecule has 2 aromatic heterocycles. The van der Waals surface area contributed by atoms with Crippen molar-refractivity contribution in [3.05, 3.63) is 18.5 Å². The lowest BCUT2D eigenvalue weighted by atomic mass is 9.92. The summed E-state index contributed by atoms with van der Waals surface area (Å²) in [7, 11) is 0. The van der Waals surface area contributed by atoms with Gasteiger partial charge in [-0.25, -0.2) is 0 Å². The van der Waals surface area contributed by atoms with Crippen molar-refractivity contribution in [3.8, 4) is 0 Å². The van der Waals surface area contributed by atoms with Crippen molar-refractivity contribution in [1.82, 2.24) is 25.1 Å². The van der Waals surface area contributed by atoms with E-state index in [2.05, 4.69) is 25.5 Å². The highest BCUT2D eigenvalue weighted by molar-refractivity contribution is 5.79. The van der Waals surface area contributed by atoms with Crippen LogP contribution in [0.15, 0.2) is 18.5 Å². The lowest BCUT2D eigenvalue weighted by Gasteiger charge is -2.33. The summed E-state index contributed by atoms with van der Waals surface area (Å²) in [5.74, 6) is 1.32. The number of fused-ring (bicyclic) bond motifs is 1. The first-order chi connectivity index (χ1) is 11.8. The Kier molecular flexibility index (Phi) is 4.32. The van der Waals surface area contributed by atoms with Gasteiger partial charge in [0.2, 0.25) is 5.91 Å². The molecule has 1 N–H and O–H groups in total. The summed E-state index contributed by atoms with van der Waals surface area (Å²) in [5, 5.41) is 15.6. The highest BCUT2D eigenvalue weighted by Crippen LogP contribution is 2.23. The van der Waals surface area contributed by atoms with Gasteiger partial charge in [-0.3, -0.25) is 4.79 Å². The van der Waals surface area contributed by atoms with Crippen molar-refractivity contribution in [2.24, 2.45) is 5.92 Å². The number of nitrogens with zero attached hydrogens (tertiary/aromatic N) is 5. The van der Waals surface area contributed by atoms with E-state index in [0.29, 0.717) is 6.04 Å². The molecule has 2 aromatic rings. The minimum atomic E-state index is 0.141. The maximum Gasteiger partial charge on any atom is 0.223 e. The number of rotatable bonds is 3. The highest BCUT2D eigenvalue weighted by atomic mass is 16.1. The lowest BCUT2D eigenvalue weighted by molar-refractivity contribution is -0.126. The number of nitrogens with one attached hydrogen (secondary N) is 1. The minimum absolute atomic E-state index is 0.141. The van der Waals surface area contributed by atoms with Gasteiger partial charge in [0.25, 0.3) is 0 Å². The van der Waals surface area contributed by atoms with E-state index in [-0.39, 0.29) is 11.8 Å². The second-order valence-corrected chi connectivity index (χ2v) is 6.93. The van der Waals surface area contributed by atoms with Gasteiger partial charge in [-0.2, -0.15) is 4.52 Å². The normalized spacial score (nSPS) is 20.4. The van der Waals surface area contributed by atoms with Crippen LogP contribution >= 0.6 is 0 Å². The molecule has 0 aromatic carbocycles. The van der Waals surface area contributed by atoms with Crippen LogP contribution in [0.2, 0.25) is 0 Å². The predicted octanol–water partition coefficient (Wildman–Crippen LogP) is 1.79. The summed E-state index contributed by atoms with van der Waals surface area (Å²) in [4.78, 5) is 14.7. The van der Waals surface area contributed by atoms with E-state index in [0.717, 1.165) is 50.2 Å². The Bertz CT molecular complexity index is 700. The van der Waals surface area contributed by atoms with Crippen LogP contribution < -0.4 is 10.2 Å². The fourth-order valence-electron chi connectivity index (χ4n) is 3.82. The number of carbonyl (C=O) groups is 1. The maximum absolute atomic E-state index is 12.5. The zero-order chi connectivity index (χ0) is 16.4. The van der Waals surface area contributed by atoms with Crippen molar-refractivity contribution in [3.63, 3.8) is 0 Å². The molecule has 2 fully saturated rings. The van der Waals surface area contributed by atoms with Crippen molar-refractivity contribution >= 4 is 17.4 Å². The maximum atomic E-state index is 12.5. The van der Waals surface area contributed by atoms with Gasteiger partial charge in [-0.05, 0) is 37.8 Å². The van der Waals surface area contributed by atoms with E-state index in [1.165, 1.54) is 19.3 Å². The van der Waals surface area contributed by atoms with E-state index in [1.54, 1.807) is 10.8 Å². The molecule has 1 aliphatic carbocycles. The van der Waals surface area contributed by atoms with E-state index in [4.69, 9.17) is 0 Å². The summed E-state index contributed by atoms with van der Waals surface area (Å²) in [6, 6.07) is 4.31. The van der Waals surface area contributed by atoms with Crippen molar-refractivity contribution < 1.29 is 4.79 Å². The Morgan fingerprint density at radius 2 is 1.88 bits per heavy atom. The summed E-state index contributed by atoms with van der Waals surface area (Å²) in [5.41, 5.74) is 0.750. The topological polar surface area (TPSA) is 75.4 Å². The van der Waals surface area contributed by atoms with Gasteiger partial charge < -0.3 is 10.2 Å². The molecule has 7 nitrogen and oxygen atoms in total. The molecule has 7 heteroatoms. The van der Waals surface area contributed by atoms with Crippen molar-refractivity contribution in [2.75, 3.05) is 18.0 Å². The molecule has 24 heavy (non-hydrogen) atoms. The summed E-state index contributed by atoms with van der Waals surface area (Å²) in [6.07, 6.45) is 9.50. The molecule has 0 atom stereocenters. The van der Waals surface area contributed by atoms with Gasteiger partial charge in [-0.15, -0.1) is 15.3 Å². The second kappa shape index (κ2) is 6.75. The lowest BCUT2D eigenvalue weighted by Crippen LogP contribution is -2.44. The average molecular weight is 328 g/mol. The average Bonchev–Trinajstić information content (AvgIpc) is 3.10. The van der Waals surface area contributed by atoms with E-state index >= 15 is 0 Å². The van der Waals surface area contributed by atoms with Gasteiger partial charge in [0.15, 0.2) is 5.65 Å². The molecule has 1 saturated heterocycles. The van der Waals surface area contributed by atoms with Gasteiger partial charge >= 0.3 is 0 Å². The van der Waals surface area contributed by atoms with Crippen molar-refractivity contribution in [1.29, 1.82) is 0 Å². The van der Waals surface area contributed by atoms with Crippen LogP contribution in [0.4, 0.5) is 5.82 Å². The zero-order valence-corrected chi connectivity index (χ0v) is 13.9. The number of carbonyl (C=O) groups excluding carboxylic acids is 1. The van der Waals surface area contributed by atoms with Gasteiger partial charge in [0.1, 0.15) is 12.1 Å². The van der Waals surface area contributed by atoms with Gasteiger partial charge in [0, 0.05) is 25.0 Å². The summed E-state index contributed by atoms with van der Waals surface area (Å²) in [6.45, 7) is 1.73. The largest absolute Gasteiger partial charge is 0.355 e. The number of anilines is 1. The molecule has 3 heterocycles. The number of piperidine rings is 1. The number of aromatic nitrogens is 4. The Labute approximate surface area is 141 Å². The molecule has 0 spiro atoms. The Morgan fingerprint density at radius 3 is 2.67 bits per heavy atom. The van der Waals surface area contributed by atoms with E-state index < -0.39 is 0 Å². The third-order valence-corrected chi connectivity index (χ3v) is 5.29. The van der Waals surface area contributed by atoms with Crippen LogP contribution in [0, 0.1) is 5.92 Å². The first-order valence-electron chi connectivity index (χ1n) is 9.02. The quantitative estimate of drug-likeness (QED) is 0.930. The van der Waals surface area contributed by atoms with Crippen LogP contribution in [0.3, 0.4) is 0 Å². The first kappa shape index (κ1) is 15.4. The molecule has 0 unspecified atom stereocenters. The van der Waals surface area contributed by atoms with Crippen molar-refractivity contribution in [2.45, 2.75) is 51.0 Å². The minimum Gasteiger partial charge on any atom is -0.355 e. The molecule has 128 valence electrons. The smallest absolute Gasteiger partial charge is 0.223 e. The van der Waals surface area contributed by atoms with Crippen LogP contribution in [0.25, 0.3) is 5.65 Å². The third-order valence-electron chi connectivity index (χ3n) is 5.29. The third kappa shape index (κ3) is 3.20. The Balaban J connectivity index is 1.33. The Hall–Kier alpha value is -2.18. The summed E-state index contributed by atoms with van der Waals surface area (Å²) < 4.78 is 1.69. The van der Waals surface area contributed by atoms with Gasteiger partial charge in [-0.1, -0.05) is 19.3 Å². The van der Waals surface area contributed by atoms with Crippen LogP contribution in [0.1, 0.15) is 44.9 Å². The molecule has 0 bridgehead atoms. The molecule has 1 saturated carbocycles. The molecular weight excluding hydrogens is 304 g/mol. The molecule has 0 radical (unpaired) electrons. The fraction of sp³-hybridized carbons (Fsp3) is 0.647. The first-order valence-corrected chi connectivity index (χ1v) is 9.02. The van der Waals surface area contributed by atoms with Crippen LogP contribution in [-0.4, -0.2) is 44.8 Å². The fourth-order valence-corrected chi connectivity index (χ4v) is 3.82. The number of amides is 1. The monoisotopic (exact) mass is 328 g/mol. The number of hydrogen-bond donors (Lipinski definition) is 1. The van der Waals surface area contributed by atoms with Gasteiger partial charge in [0.05, 0.1) is 0 Å². The SMILES string of the molecule is O=C(NC1CCCCC1)C1CCN(c2ccc3nncn3n2)CC1. The Morgan fingerprint density at radius 1 is 1.08 bits per heavy atom. The van der Waals surface area contributed by atoms with Crippen LogP contribution in [0.5, 0.6) is 0 Å². The number of hydrogen-bond acceptors (Lipinski definition) is 5. The standard InChI is InChI=1S/C17H24N6O/c24-17(19-14-4-2-1-3-5-14)13-8-10-22(11-9-13)16-7-6-15-20-18-12-23(15)21-16/h6-7,12-14H,1-5,8-11H2,(H,19,24). The molecule has 1 amide bonds.